The Kier molecular flexibility index (Phi) is 4.81. The predicted octanol–water partition coefficient (Wildman–Crippen LogP) is 1.90. The van der Waals surface area contributed by atoms with E-state index in [1.54, 1.807) is 19.1 Å². The highest BCUT2D eigenvalue weighted by Gasteiger charge is 2.54. The van der Waals surface area contributed by atoms with Crippen LogP contribution in [0.3, 0.4) is 0 Å². The number of nitrogens with zero attached hydrogens (tertiary/aromatic N) is 1. The summed E-state index contributed by atoms with van der Waals surface area (Å²) in [7, 11) is -1.94. The number of benzene rings is 1. The van der Waals surface area contributed by atoms with Gasteiger partial charge in [-0.15, -0.1) is 0 Å². The van der Waals surface area contributed by atoms with Crippen molar-refractivity contribution in [1.29, 1.82) is 0 Å². The van der Waals surface area contributed by atoms with E-state index in [1.165, 1.54) is 12.1 Å². The van der Waals surface area contributed by atoms with Crippen LogP contribution < -0.4 is 0 Å². The molecule has 1 aromatic carbocycles. The van der Waals surface area contributed by atoms with E-state index in [-0.39, 0.29) is 5.56 Å². The standard InChI is InChI=1S/C11H16NO6P/c1-9-5-4-6-10(7-9)11(13,8-12(14)15)19(16,17-2)18-3/h4-7,13H,8H2,1-3H3. The summed E-state index contributed by atoms with van der Waals surface area (Å²) in [6, 6.07) is 6.31. The largest absolute Gasteiger partial charge is 0.372 e. The summed E-state index contributed by atoms with van der Waals surface area (Å²) in [5.41, 5.74) is 0.884. The van der Waals surface area contributed by atoms with E-state index in [2.05, 4.69) is 0 Å². The van der Waals surface area contributed by atoms with Crippen molar-refractivity contribution in [2.75, 3.05) is 20.8 Å². The van der Waals surface area contributed by atoms with Crippen LogP contribution in [0.2, 0.25) is 0 Å². The minimum Gasteiger partial charge on any atom is -0.368 e. The third-order valence-corrected chi connectivity index (χ3v) is 5.03. The van der Waals surface area contributed by atoms with Gasteiger partial charge in [-0.3, -0.25) is 14.7 Å². The zero-order valence-electron chi connectivity index (χ0n) is 10.9. The Morgan fingerprint density at radius 1 is 1.42 bits per heavy atom. The van der Waals surface area contributed by atoms with Gasteiger partial charge in [0, 0.05) is 24.7 Å². The fourth-order valence-electron chi connectivity index (χ4n) is 1.79. The predicted molar refractivity (Wildman–Crippen MR) is 68.6 cm³/mol. The molecule has 0 radical (unpaired) electrons. The summed E-state index contributed by atoms with van der Waals surface area (Å²) in [6.07, 6.45) is 0. The quantitative estimate of drug-likeness (QED) is 0.488. The van der Waals surface area contributed by atoms with Crippen molar-refractivity contribution in [2.45, 2.75) is 12.3 Å². The Labute approximate surface area is 110 Å². The molecule has 0 aliphatic carbocycles. The van der Waals surface area contributed by atoms with Gasteiger partial charge in [-0.2, -0.15) is 0 Å². The molecule has 0 bridgehead atoms. The van der Waals surface area contributed by atoms with Crippen molar-refractivity contribution in [2.24, 2.45) is 0 Å². The van der Waals surface area contributed by atoms with E-state index in [0.29, 0.717) is 0 Å². The van der Waals surface area contributed by atoms with Crippen molar-refractivity contribution in [3.05, 3.63) is 45.5 Å². The average Bonchev–Trinajstić information content (AvgIpc) is 2.36. The Balaban J connectivity index is 3.43. The van der Waals surface area contributed by atoms with Crippen LogP contribution in [0, 0.1) is 17.0 Å². The molecule has 1 N–H and O–H groups in total. The highest BCUT2D eigenvalue weighted by molar-refractivity contribution is 7.54. The van der Waals surface area contributed by atoms with Crippen molar-refractivity contribution in [1.82, 2.24) is 0 Å². The molecule has 0 aromatic heterocycles. The third kappa shape index (κ3) is 3.01. The maximum Gasteiger partial charge on any atom is 0.372 e. The molecule has 0 saturated carbocycles. The summed E-state index contributed by atoms with van der Waals surface area (Å²) >= 11 is 0. The minimum atomic E-state index is -4.08. The van der Waals surface area contributed by atoms with Crippen LogP contribution in [0.25, 0.3) is 0 Å². The number of aryl methyl sites for hydroxylation is 1. The first-order chi connectivity index (χ1) is 8.79. The molecule has 1 aromatic rings. The molecule has 0 spiro atoms. The van der Waals surface area contributed by atoms with Crippen LogP contribution in [0.15, 0.2) is 24.3 Å². The summed E-state index contributed by atoms with van der Waals surface area (Å²) in [6.45, 7) is 0.774. The van der Waals surface area contributed by atoms with Gasteiger partial charge in [0.15, 0.2) is 0 Å². The molecular formula is C11H16NO6P. The molecule has 19 heavy (non-hydrogen) atoms. The third-order valence-electron chi connectivity index (χ3n) is 2.76. The van der Waals surface area contributed by atoms with Crippen molar-refractivity contribution >= 4 is 7.60 Å². The minimum absolute atomic E-state index is 0.122. The Morgan fingerprint density at radius 2 is 2.00 bits per heavy atom. The molecule has 0 amide bonds. The van der Waals surface area contributed by atoms with E-state index >= 15 is 0 Å². The van der Waals surface area contributed by atoms with E-state index in [1.807, 2.05) is 0 Å². The summed E-state index contributed by atoms with van der Waals surface area (Å²) in [5, 5.41) is 19.0. The van der Waals surface area contributed by atoms with E-state index in [9.17, 15) is 19.8 Å². The summed E-state index contributed by atoms with van der Waals surface area (Å²) < 4.78 is 21.9. The second-order valence-electron chi connectivity index (χ2n) is 4.04. The molecule has 1 rings (SSSR count). The molecule has 0 heterocycles. The smallest absolute Gasteiger partial charge is 0.368 e. The van der Waals surface area contributed by atoms with Gasteiger partial charge in [0.2, 0.25) is 6.54 Å². The second-order valence-corrected chi connectivity index (χ2v) is 6.50. The highest BCUT2D eigenvalue weighted by atomic mass is 31.2. The molecule has 8 heteroatoms. The fourth-order valence-corrected chi connectivity index (χ4v) is 3.28. The lowest BCUT2D eigenvalue weighted by Gasteiger charge is -2.30. The zero-order valence-corrected chi connectivity index (χ0v) is 11.8. The van der Waals surface area contributed by atoms with Crippen molar-refractivity contribution < 1.29 is 23.6 Å². The first kappa shape index (κ1) is 15.8. The van der Waals surface area contributed by atoms with Crippen LogP contribution >= 0.6 is 7.60 Å². The second kappa shape index (κ2) is 5.79. The number of hydrogen-bond donors (Lipinski definition) is 1. The zero-order chi connectivity index (χ0) is 14.7. The molecule has 0 aliphatic rings. The topological polar surface area (TPSA) is 98.9 Å². The average molecular weight is 289 g/mol. The first-order valence-electron chi connectivity index (χ1n) is 5.42. The monoisotopic (exact) mass is 289 g/mol. The lowest BCUT2D eigenvalue weighted by atomic mass is 10.1. The Hall–Kier alpha value is -1.27. The number of hydrogen-bond acceptors (Lipinski definition) is 6. The fraction of sp³-hybridized carbons (Fsp3) is 0.455. The molecule has 0 fully saturated rings. The van der Waals surface area contributed by atoms with E-state index in [4.69, 9.17) is 9.05 Å². The molecule has 0 aliphatic heterocycles. The van der Waals surface area contributed by atoms with Crippen molar-refractivity contribution in [3.8, 4) is 0 Å². The summed E-state index contributed by atoms with van der Waals surface area (Å²) in [4.78, 5) is 10.0. The first-order valence-corrected chi connectivity index (χ1v) is 6.96. The maximum atomic E-state index is 12.4. The van der Waals surface area contributed by atoms with Gasteiger partial charge >= 0.3 is 7.60 Å². The Bertz CT molecular complexity index is 512. The molecule has 7 nitrogen and oxygen atoms in total. The normalized spacial score (nSPS) is 14.9. The van der Waals surface area contributed by atoms with Gasteiger partial charge in [-0.25, -0.2) is 0 Å². The van der Waals surface area contributed by atoms with Crippen molar-refractivity contribution in [3.63, 3.8) is 0 Å². The van der Waals surface area contributed by atoms with E-state index in [0.717, 1.165) is 19.8 Å². The SMILES string of the molecule is COP(=O)(OC)C(O)(C[N+](=O)[O-])c1cccc(C)c1. The van der Waals surface area contributed by atoms with Crippen LogP contribution in [0.1, 0.15) is 11.1 Å². The van der Waals surface area contributed by atoms with Crippen LogP contribution in [0.4, 0.5) is 0 Å². The van der Waals surface area contributed by atoms with Crippen LogP contribution in [-0.4, -0.2) is 30.8 Å². The van der Waals surface area contributed by atoms with Gasteiger partial charge in [0.25, 0.3) is 5.34 Å². The van der Waals surface area contributed by atoms with Gasteiger partial charge in [0.05, 0.1) is 0 Å². The molecule has 106 valence electrons. The molecule has 1 unspecified atom stereocenters. The number of nitro groups is 1. The Morgan fingerprint density at radius 3 is 2.42 bits per heavy atom. The van der Waals surface area contributed by atoms with Gasteiger partial charge in [0.1, 0.15) is 0 Å². The van der Waals surface area contributed by atoms with Crippen LogP contribution in [-0.2, 0) is 19.0 Å². The van der Waals surface area contributed by atoms with Gasteiger partial charge < -0.3 is 14.2 Å². The van der Waals surface area contributed by atoms with Gasteiger partial charge in [-0.1, -0.05) is 29.8 Å². The van der Waals surface area contributed by atoms with Gasteiger partial charge in [-0.05, 0) is 6.92 Å². The van der Waals surface area contributed by atoms with E-state index < -0.39 is 24.4 Å². The molecular weight excluding hydrogens is 273 g/mol. The highest BCUT2D eigenvalue weighted by Crippen LogP contribution is 2.62. The van der Waals surface area contributed by atoms with Crippen LogP contribution in [0.5, 0.6) is 0 Å². The maximum absolute atomic E-state index is 12.4. The number of rotatable bonds is 6. The lowest BCUT2D eigenvalue weighted by Crippen LogP contribution is -2.35. The molecule has 0 saturated heterocycles. The lowest BCUT2D eigenvalue weighted by molar-refractivity contribution is -0.496. The number of aliphatic hydroxyl groups is 1. The molecule has 1 atom stereocenters. The summed E-state index contributed by atoms with van der Waals surface area (Å²) in [5.74, 6) is 0.